The van der Waals surface area contributed by atoms with Gasteiger partial charge >= 0.3 is 0 Å². The lowest BCUT2D eigenvalue weighted by Gasteiger charge is -2.30. The smallest absolute Gasteiger partial charge is 0.271 e. The number of halogens is 1. The average molecular weight is 552 g/mol. The molecule has 0 amide bonds. The summed E-state index contributed by atoms with van der Waals surface area (Å²) in [6.07, 6.45) is 3.88. The molecule has 36 heavy (non-hydrogen) atoms. The first kappa shape index (κ1) is 21.8. The normalized spacial score (nSPS) is 17.1. The van der Waals surface area contributed by atoms with Crippen molar-refractivity contribution in [3.63, 3.8) is 0 Å². The van der Waals surface area contributed by atoms with Gasteiger partial charge in [0, 0.05) is 32.2 Å². The SMILES string of the molecule is Cc1[nH]c2ccccc2c1/C=c1\sc2n(c1=O)[C@@H](c1ccc(Br)cc1)C1=C(N=2)c2ccccc2CC1. The Balaban J connectivity index is 1.51. The molecule has 0 saturated heterocycles. The van der Waals surface area contributed by atoms with Gasteiger partial charge in [-0.2, -0.15) is 0 Å². The lowest BCUT2D eigenvalue weighted by molar-refractivity contribution is 0.585. The quantitative estimate of drug-likeness (QED) is 0.293. The maximum Gasteiger partial charge on any atom is 0.271 e. The summed E-state index contributed by atoms with van der Waals surface area (Å²) in [5, 5.41) is 1.12. The van der Waals surface area contributed by atoms with Crippen LogP contribution in [0.3, 0.4) is 0 Å². The van der Waals surface area contributed by atoms with Crippen molar-refractivity contribution in [3.05, 3.63) is 130 Å². The summed E-state index contributed by atoms with van der Waals surface area (Å²) >= 11 is 5.05. The number of aryl methyl sites for hydroxylation is 2. The van der Waals surface area contributed by atoms with Gasteiger partial charge < -0.3 is 4.98 Å². The molecular formula is C30H22BrN3OS. The van der Waals surface area contributed by atoms with Crippen LogP contribution in [0.15, 0.2) is 92.6 Å². The van der Waals surface area contributed by atoms with E-state index >= 15 is 0 Å². The Bertz CT molecular complexity index is 1890. The van der Waals surface area contributed by atoms with Gasteiger partial charge in [0.15, 0.2) is 4.80 Å². The number of hydrogen-bond acceptors (Lipinski definition) is 3. The molecule has 3 heterocycles. The van der Waals surface area contributed by atoms with Gasteiger partial charge in [0.2, 0.25) is 0 Å². The van der Waals surface area contributed by atoms with Crippen LogP contribution in [0.5, 0.6) is 0 Å². The summed E-state index contributed by atoms with van der Waals surface area (Å²) in [6.45, 7) is 2.06. The minimum Gasteiger partial charge on any atom is -0.358 e. The summed E-state index contributed by atoms with van der Waals surface area (Å²) in [4.78, 5) is 23.3. The third-order valence-corrected chi connectivity index (χ3v) is 8.79. The molecule has 0 bridgehead atoms. The minimum absolute atomic E-state index is 0.0155. The van der Waals surface area contributed by atoms with Gasteiger partial charge in [0.1, 0.15) is 0 Å². The van der Waals surface area contributed by atoms with Crippen molar-refractivity contribution >= 4 is 49.9 Å². The molecule has 4 nitrogen and oxygen atoms in total. The number of allylic oxidation sites excluding steroid dienone is 1. The van der Waals surface area contributed by atoms with Gasteiger partial charge in [-0.1, -0.05) is 81.9 Å². The van der Waals surface area contributed by atoms with Gasteiger partial charge in [-0.05, 0) is 60.7 Å². The second-order valence-electron chi connectivity index (χ2n) is 9.37. The van der Waals surface area contributed by atoms with Crippen LogP contribution in [0.1, 0.15) is 40.4 Å². The fourth-order valence-corrected chi connectivity index (χ4v) is 6.83. The average Bonchev–Trinajstić information content (AvgIpc) is 3.39. The van der Waals surface area contributed by atoms with E-state index in [2.05, 4.69) is 88.5 Å². The summed E-state index contributed by atoms with van der Waals surface area (Å²) in [6, 6.07) is 24.9. The van der Waals surface area contributed by atoms with Crippen LogP contribution < -0.4 is 14.9 Å². The van der Waals surface area contributed by atoms with Crippen LogP contribution in [0, 0.1) is 6.92 Å². The summed E-state index contributed by atoms with van der Waals surface area (Å²) in [5.41, 5.74) is 9.07. The molecule has 5 aromatic rings. The van der Waals surface area contributed by atoms with E-state index in [0.29, 0.717) is 4.53 Å². The largest absolute Gasteiger partial charge is 0.358 e. The zero-order valence-electron chi connectivity index (χ0n) is 19.6. The maximum absolute atomic E-state index is 14.0. The number of H-pyrrole nitrogens is 1. The monoisotopic (exact) mass is 551 g/mol. The van der Waals surface area contributed by atoms with E-state index in [9.17, 15) is 4.79 Å². The molecule has 2 aliphatic rings. The highest BCUT2D eigenvalue weighted by Crippen LogP contribution is 2.41. The fraction of sp³-hybridized carbons (Fsp3) is 0.133. The van der Waals surface area contributed by atoms with Crippen molar-refractivity contribution in [1.82, 2.24) is 9.55 Å². The van der Waals surface area contributed by atoms with Crippen molar-refractivity contribution in [2.24, 2.45) is 4.99 Å². The Morgan fingerprint density at radius 1 is 1.03 bits per heavy atom. The number of rotatable bonds is 2. The topological polar surface area (TPSA) is 50.1 Å². The Hall–Kier alpha value is -3.48. The van der Waals surface area contributed by atoms with Crippen molar-refractivity contribution in [2.45, 2.75) is 25.8 Å². The summed E-state index contributed by atoms with van der Waals surface area (Å²) < 4.78 is 3.64. The Kier molecular flexibility index (Phi) is 5.01. The predicted molar refractivity (Wildman–Crippen MR) is 150 cm³/mol. The molecule has 1 atom stereocenters. The molecular weight excluding hydrogens is 530 g/mol. The number of benzene rings is 3. The first-order chi connectivity index (χ1) is 17.6. The number of nitrogens with zero attached hydrogens (tertiary/aromatic N) is 2. The Labute approximate surface area is 220 Å². The van der Waals surface area contributed by atoms with Crippen LogP contribution >= 0.6 is 27.3 Å². The molecule has 2 aromatic heterocycles. The molecule has 176 valence electrons. The summed E-state index contributed by atoms with van der Waals surface area (Å²) in [7, 11) is 0. The Morgan fingerprint density at radius 2 is 1.81 bits per heavy atom. The van der Waals surface area contributed by atoms with Gasteiger partial charge in [-0.15, -0.1) is 0 Å². The van der Waals surface area contributed by atoms with E-state index in [1.165, 1.54) is 28.0 Å². The van der Waals surface area contributed by atoms with Crippen molar-refractivity contribution in [3.8, 4) is 0 Å². The zero-order valence-corrected chi connectivity index (χ0v) is 22.0. The van der Waals surface area contributed by atoms with E-state index in [0.717, 1.165) is 55.5 Å². The molecule has 7 rings (SSSR count). The van der Waals surface area contributed by atoms with Crippen LogP contribution in [0.2, 0.25) is 0 Å². The number of nitrogens with one attached hydrogen (secondary N) is 1. The summed E-state index contributed by atoms with van der Waals surface area (Å²) in [5.74, 6) is 0. The lowest BCUT2D eigenvalue weighted by atomic mass is 9.83. The molecule has 3 aromatic carbocycles. The van der Waals surface area contributed by atoms with E-state index in [-0.39, 0.29) is 11.6 Å². The van der Waals surface area contributed by atoms with Crippen LogP contribution in [0.25, 0.3) is 22.7 Å². The number of para-hydroxylation sites is 1. The standard InChI is InChI=1S/C30H22BrN3OS/c1-17-24(22-8-4-5-9-25(22)32-17)16-26-29(35)34-28(19-10-13-20(31)14-11-19)23-15-12-18-6-2-3-7-21(18)27(23)33-30(34)36-26/h2-11,13-14,16,28,32H,12,15H2,1H3/b26-16-/t28-/m0/s1. The highest BCUT2D eigenvalue weighted by Gasteiger charge is 2.32. The van der Waals surface area contributed by atoms with Crippen LogP contribution in [-0.4, -0.2) is 9.55 Å². The van der Waals surface area contributed by atoms with Crippen molar-refractivity contribution in [1.29, 1.82) is 0 Å². The molecule has 1 aliphatic carbocycles. The molecule has 0 fully saturated rings. The van der Waals surface area contributed by atoms with Gasteiger partial charge in [-0.25, -0.2) is 4.99 Å². The highest BCUT2D eigenvalue weighted by atomic mass is 79.9. The molecule has 1 N–H and O–H groups in total. The first-order valence-electron chi connectivity index (χ1n) is 12.0. The molecule has 0 spiro atoms. The third-order valence-electron chi connectivity index (χ3n) is 7.28. The fourth-order valence-electron chi connectivity index (χ4n) is 5.58. The van der Waals surface area contributed by atoms with Crippen LogP contribution in [-0.2, 0) is 6.42 Å². The van der Waals surface area contributed by atoms with E-state index < -0.39 is 0 Å². The number of hydrogen-bond donors (Lipinski definition) is 1. The van der Waals surface area contributed by atoms with E-state index in [1.54, 1.807) is 0 Å². The molecule has 0 saturated carbocycles. The van der Waals surface area contributed by atoms with Crippen molar-refractivity contribution in [2.75, 3.05) is 0 Å². The van der Waals surface area contributed by atoms with Gasteiger partial charge in [0.25, 0.3) is 5.56 Å². The maximum atomic E-state index is 14.0. The second-order valence-corrected chi connectivity index (χ2v) is 11.3. The number of aromatic amines is 1. The van der Waals surface area contributed by atoms with Crippen molar-refractivity contribution < 1.29 is 0 Å². The highest BCUT2D eigenvalue weighted by molar-refractivity contribution is 9.10. The first-order valence-corrected chi connectivity index (χ1v) is 13.7. The van der Waals surface area contributed by atoms with Crippen LogP contribution in [0.4, 0.5) is 0 Å². The molecule has 6 heteroatoms. The number of thiazole rings is 1. The zero-order chi connectivity index (χ0) is 24.4. The van der Waals surface area contributed by atoms with Gasteiger partial charge in [-0.3, -0.25) is 9.36 Å². The van der Waals surface area contributed by atoms with E-state index in [1.807, 2.05) is 22.8 Å². The molecule has 0 unspecified atom stereocenters. The Morgan fingerprint density at radius 3 is 2.67 bits per heavy atom. The van der Waals surface area contributed by atoms with Gasteiger partial charge in [0.05, 0.1) is 16.3 Å². The third kappa shape index (κ3) is 3.32. The number of aromatic nitrogens is 2. The minimum atomic E-state index is -0.163. The molecule has 0 radical (unpaired) electrons. The van der Waals surface area contributed by atoms with E-state index in [4.69, 9.17) is 4.99 Å². The lowest BCUT2D eigenvalue weighted by Crippen LogP contribution is -2.38. The second kappa shape index (κ2) is 8.29. The molecule has 1 aliphatic heterocycles. The predicted octanol–water partition coefficient (Wildman–Crippen LogP) is 5.87. The number of fused-ring (bicyclic) bond motifs is 4.